The van der Waals surface area contributed by atoms with Gasteiger partial charge in [-0.15, -0.1) is 0 Å². The number of halogens is 1. The first kappa shape index (κ1) is 19.0. The molecule has 2 heterocycles. The molecule has 27 heavy (non-hydrogen) atoms. The molecule has 8 heteroatoms. The van der Waals surface area contributed by atoms with Crippen LogP contribution in [0.2, 0.25) is 0 Å². The Kier molecular flexibility index (Phi) is 5.27. The van der Waals surface area contributed by atoms with Gasteiger partial charge in [-0.25, -0.2) is 9.78 Å². The third-order valence-electron chi connectivity index (χ3n) is 4.48. The Balaban J connectivity index is 2.19. The molecule has 0 bridgehead atoms. The average Bonchev–Trinajstić information content (AvgIpc) is 3.00. The highest BCUT2D eigenvalue weighted by atomic mass is 79.9. The second-order valence-corrected chi connectivity index (χ2v) is 7.01. The Bertz CT molecular complexity index is 1170. The van der Waals surface area contributed by atoms with Gasteiger partial charge in [0.25, 0.3) is 5.56 Å². The maximum absolute atomic E-state index is 13.1. The Morgan fingerprint density at radius 2 is 1.81 bits per heavy atom. The average molecular weight is 431 g/mol. The molecule has 2 aromatic heterocycles. The van der Waals surface area contributed by atoms with Gasteiger partial charge in [-0.05, 0) is 29.8 Å². The van der Waals surface area contributed by atoms with Crippen LogP contribution in [0.25, 0.3) is 11.2 Å². The van der Waals surface area contributed by atoms with E-state index in [1.165, 1.54) is 4.57 Å². The number of allylic oxidation sites excluding steroid dienone is 2. The van der Waals surface area contributed by atoms with E-state index in [0.29, 0.717) is 16.8 Å². The van der Waals surface area contributed by atoms with Gasteiger partial charge in [0.15, 0.2) is 21.7 Å². The summed E-state index contributed by atoms with van der Waals surface area (Å²) in [5, 5.41) is 0. The Morgan fingerprint density at radius 1 is 1.15 bits per heavy atom. The van der Waals surface area contributed by atoms with Gasteiger partial charge < -0.3 is 4.57 Å². The van der Waals surface area contributed by atoms with Crippen molar-refractivity contribution >= 4 is 32.9 Å². The number of carbonyl (C=O) groups is 1. The lowest BCUT2D eigenvalue weighted by atomic mass is 10.1. The van der Waals surface area contributed by atoms with E-state index in [4.69, 9.17) is 0 Å². The van der Waals surface area contributed by atoms with Crippen LogP contribution < -0.4 is 11.2 Å². The molecule has 1 aromatic carbocycles. The first-order chi connectivity index (χ1) is 12.8. The van der Waals surface area contributed by atoms with E-state index >= 15 is 0 Å². The summed E-state index contributed by atoms with van der Waals surface area (Å²) in [6.45, 7) is 3.98. The molecule has 0 saturated carbocycles. The van der Waals surface area contributed by atoms with E-state index in [1.54, 1.807) is 41.9 Å². The minimum atomic E-state index is -0.573. The molecule has 0 amide bonds. The van der Waals surface area contributed by atoms with E-state index in [9.17, 15) is 14.4 Å². The van der Waals surface area contributed by atoms with Crippen LogP contribution in [0.5, 0.6) is 0 Å². The number of aromatic nitrogens is 4. The maximum Gasteiger partial charge on any atom is 0.332 e. The second-order valence-electron chi connectivity index (χ2n) is 6.30. The molecule has 7 nitrogen and oxygen atoms in total. The fourth-order valence-corrected chi connectivity index (χ4v) is 3.30. The van der Waals surface area contributed by atoms with Gasteiger partial charge >= 0.3 is 5.69 Å². The van der Waals surface area contributed by atoms with Crippen molar-refractivity contribution in [1.29, 1.82) is 0 Å². The van der Waals surface area contributed by atoms with Crippen LogP contribution in [0.3, 0.4) is 0 Å². The van der Waals surface area contributed by atoms with Gasteiger partial charge in [-0.2, -0.15) is 0 Å². The highest BCUT2D eigenvalue weighted by molar-refractivity contribution is 9.10. The second kappa shape index (κ2) is 7.48. The first-order valence-corrected chi connectivity index (χ1v) is 9.20. The molecule has 0 aliphatic carbocycles. The number of ketones is 1. The van der Waals surface area contributed by atoms with Crippen molar-refractivity contribution in [3.05, 3.63) is 73.1 Å². The number of nitrogens with zero attached hydrogens (tertiary/aromatic N) is 4. The first-order valence-electron chi connectivity index (χ1n) is 8.40. The summed E-state index contributed by atoms with van der Waals surface area (Å²) >= 11 is 3.37. The molecule has 0 spiro atoms. The molecule has 0 aliphatic rings. The van der Waals surface area contributed by atoms with Crippen LogP contribution >= 0.6 is 15.9 Å². The van der Waals surface area contributed by atoms with Crippen molar-refractivity contribution in [2.24, 2.45) is 7.05 Å². The molecule has 0 N–H and O–H groups in total. The molecule has 0 saturated heterocycles. The Labute approximate surface area is 163 Å². The van der Waals surface area contributed by atoms with Crippen molar-refractivity contribution in [3.8, 4) is 0 Å². The summed E-state index contributed by atoms with van der Waals surface area (Å²) in [6, 6.07) is 8.60. The van der Waals surface area contributed by atoms with Crippen LogP contribution in [0, 0.1) is 0 Å². The van der Waals surface area contributed by atoms with Crippen LogP contribution in [0.4, 0.5) is 0 Å². The lowest BCUT2D eigenvalue weighted by Crippen LogP contribution is -2.41. The SMILES string of the molecule is C/C=C(\C)Cn1c(Br)nc2c1c(=O)n(CC(=O)c1ccccc1)c(=O)n2C. The highest BCUT2D eigenvalue weighted by Gasteiger charge is 2.20. The lowest BCUT2D eigenvalue weighted by Gasteiger charge is -2.10. The molecule has 3 aromatic rings. The molecule has 0 aliphatic heterocycles. The van der Waals surface area contributed by atoms with Crippen molar-refractivity contribution in [2.75, 3.05) is 0 Å². The lowest BCUT2D eigenvalue weighted by molar-refractivity contribution is 0.0969. The summed E-state index contributed by atoms with van der Waals surface area (Å²) in [6.07, 6.45) is 1.94. The monoisotopic (exact) mass is 430 g/mol. The van der Waals surface area contributed by atoms with Gasteiger partial charge in [-0.3, -0.25) is 18.7 Å². The molecule has 0 fully saturated rings. The summed E-state index contributed by atoms with van der Waals surface area (Å²) in [5.74, 6) is -0.302. The van der Waals surface area contributed by atoms with Crippen LogP contribution in [-0.4, -0.2) is 24.5 Å². The van der Waals surface area contributed by atoms with Gasteiger partial charge in [0.1, 0.15) is 0 Å². The number of imidazole rings is 1. The molecule has 0 atom stereocenters. The fourth-order valence-electron chi connectivity index (χ4n) is 2.83. The van der Waals surface area contributed by atoms with E-state index in [0.717, 1.165) is 10.1 Å². The summed E-state index contributed by atoms with van der Waals surface area (Å²) in [7, 11) is 1.54. The van der Waals surface area contributed by atoms with Gasteiger partial charge in [0.2, 0.25) is 0 Å². The van der Waals surface area contributed by atoms with Crippen LogP contribution in [-0.2, 0) is 20.1 Å². The number of hydrogen-bond acceptors (Lipinski definition) is 4. The minimum absolute atomic E-state index is 0.282. The topological polar surface area (TPSA) is 78.9 Å². The van der Waals surface area contributed by atoms with Gasteiger partial charge in [0.05, 0.1) is 6.54 Å². The zero-order valence-electron chi connectivity index (χ0n) is 15.3. The molecular formula is C19H19BrN4O3. The molecule has 3 rings (SSSR count). The quantitative estimate of drug-likeness (QED) is 0.353. The van der Waals surface area contributed by atoms with Crippen molar-refractivity contribution < 1.29 is 4.79 Å². The normalized spacial score (nSPS) is 11.9. The summed E-state index contributed by atoms with van der Waals surface area (Å²) in [5.41, 5.74) is 0.951. The van der Waals surface area contributed by atoms with E-state index in [2.05, 4.69) is 20.9 Å². The Hall–Kier alpha value is -2.74. The van der Waals surface area contributed by atoms with Crippen molar-refractivity contribution in [2.45, 2.75) is 26.9 Å². The highest BCUT2D eigenvalue weighted by Crippen LogP contribution is 2.18. The maximum atomic E-state index is 13.1. The van der Waals surface area contributed by atoms with E-state index in [-0.39, 0.29) is 23.5 Å². The largest absolute Gasteiger partial charge is 0.332 e. The molecule has 0 unspecified atom stereocenters. The number of hydrogen-bond donors (Lipinski definition) is 0. The van der Waals surface area contributed by atoms with E-state index < -0.39 is 11.2 Å². The number of aryl methyl sites for hydroxylation is 1. The minimum Gasteiger partial charge on any atom is -0.309 e. The number of carbonyl (C=O) groups excluding carboxylic acids is 1. The molecule has 0 radical (unpaired) electrons. The van der Waals surface area contributed by atoms with Crippen molar-refractivity contribution in [3.63, 3.8) is 0 Å². The van der Waals surface area contributed by atoms with Gasteiger partial charge in [0, 0.05) is 19.2 Å². The Morgan fingerprint density at radius 3 is 2.44 bits per heavy atom. The zero-order valence-corrected chi connectivity index (χ0v) is 16.9. The number of Topliss-reactive ketones (excluding diaryl/α,β-unsaturated/α-hetero) is 1. The van der Waals surface area contributed by atoms with Crippen molar-refractivity contribution in [1.82, 2.24) is 18.7 Å². The predicted molar refractivity (Wildman–Crippen MR) is 107 cm³/mol. The van der Waals surface area contributed by atoms with Crippen LogP contribution in [0.1, 0.15) is 24.2 Å². The predicted octanol–water partition coefficient (Wildman–Crippen LogP) is 2.51. The standard InChI is InChI=1S/C19H19BrN4O3/c1-4-12(2)10-23-15-16(21-18(23)20)22(3)19(27)24(17(15)26)11-14(25)13-8-6-5-7-9-13/h4-9H,10-11H2,1-3H3/b12-4+. The van der Waals surface area contributed by atoms with Gasteiger partial charge in [-0.1, -0.05) is 42.0 Å². The number of rotatable bonds is 5. The summed E-state index contributed by atoms with van der Waals surface area (Å²) < 4.78 is 4.42. The number of fused-ring (bicyclic) bond motifs is 1. The fraction of sp³-hybridized carbons (Fsp3) is 0.263. The zero-order chi connectivity index (χ0) is 19.7. The van der Waals surface area contributed by atoms with E-state index in [1.807, 2.05) is 19.9 Å². The molecule has 140 valence electrons. The molecular weight excluding hydrogens is 412 g/mol. The third kappa shape index (κ3) is 3.44. The van der Waals surface area contributed by atoms with Crippen LogP contribution in [0.15, 0.2) is 56.3 Å². The third-order valence-corrected chi connectivity index (χ3v) is 5.09. The smallest absolute Gasteiger partial charge is 0.309 e. The summed E-state index contributed by atoms with van der Waals surface area (Å²) in [4.78, 5) is 42.6. The number of benzene rings is 1.